The Morgan fingerprint density at radius 3 is 3.00 bits per heavy atom. The fourth-order valence-electron chi connectivity index (χ4n) is 1.27. The lowest BCUT2D eigenvalue weighted by molar-refractivity contribution is 0.975. The minimum Gasteiger partial charge on any atom is -0.368 e. The molecule has 0 aliphatic rings. The molecule has 72 valence electrons. The molecule has 1 aromatic heterocycles. The Bertz CT molecular complexity index is 376. The third-order valence-corrected chi connectivity index (χ3v) is 1.84. The fraction of sp³-hybridized carbons (Fsp3) is 0.273. The Kier molecular flexibility index (Phi) is 3.24. The van der Waals surface area contributed by atoms with Crippen LogP contribution in [0.2, 0.25) is 0 Å². The van der Waals surface area contributed by atoms with Crippen molar-refractivity contribution in [2.75, 3.05) is 18.5 Å². The third kappa shape index (κ3) is 2.33. The first-order valence-electron chi connectivity index (χ1n) is 4.34. The first-order valence-corrected chi connectivity index (χ1v) is 4.34. The summed E-state index contributed by atoms with van der Waals surface area (Å²) in [7, 11) is 1.92. The maximum Gasteiger partial charge on any atom is 0.101 e. The van der Waals surface area contributed by atoms with Crippen molar-refractivity contribution in [3.63, 3.8) is 0 Å². The van der Waals surface area contributed by atoms with Crippen LogP contribution in [-0.2, 0) is 0 Å². The van der Waals surface area contributed by atoms with E-state index >= 15 is 0 Å². The number of pyridine rings is 1. The molecule has 0 bridgehead atoms. The van der Waals surface area contributed by atoms with Crippen LogP contribution in [0.4, 0.5) is 5.69 Å². The van der Waals surface area contributed by atoms with Crippen molar-refractivity contribution in [1.29, 1.82) is 5.26 Å². The van der Waals surface area contributed by atoms with Crippen molar-refractivity contribution in [2.24, 2.45) is 0 Å². The van der Waals surface area contributed by atoms with Gasteiger partial charge in [-0.15, -0.1) is 0 Å². The topological polar surface area (TPSA) is 39.9 Å². The first kappa shape index (κ1) is 10.3. The fourth-order valence-corrected chi connectivity index (χ4v) is 1.27. The van der Waals surface area contributed by atoms with E-state index in [0.29, 0.717) is 5.56 Å². The van der Waals surface area contributed by atoms with Crippen molar-refractivity contribution < 1.29 is 0 Å². The molecular formula is C11H13N3. The Labute approximate surface area is 84.3 Å². The van der Waals surface area contributed by atoms with Gasteiger partial charge in [-0.05, 0) is 13.0 Å². The molecule has 0 aliphatic carbocycles. The molecule has 0 saturated carbocycles. The van der Waals surface area contributed by atoms with Gasteiger partial charge in [0.2, 0.25) is 0 Å². The van der Waals surface area contributed by atoms with Gasteiger partial charge in [-0.1, -0.05) is 12.2 Å². The smallest absolute Gasteiger partial charge is 0.101 e. The highest BCUT2D eigenvalue weighted by Gasteiger charge is 2.06. The molecular weight excluding hydrogens is 174 g/mol. The van der Waals surface area contributed by atoms with Crippen LogP contribution >= 0.6 is 0 Å². The van der Waals surface area contributed by atoms with Gasteiger partial charge in [0.25, 0.3) is 0 Å². The highest BCUT2D eigenvalue weighted by atomic mass is 15.1. The van der Waals surface area contributed by atoms with Gasteiger partial charge in [-0.25, -0.2) is 0 Å². The van der Waals surface area contributed by atoms with E-state index in [2.05, 4.69) is 17.6 Å². The van der Waals surface area contributed by atoms with Gasteiger partial charge in [-0.2, -0.15) is 5.26 Å². The molecule has 3 nitrogen and oxygen atoms in total. The monoisotopic (exact) mass is 187 g/mol. The zero-order chi connectivity index (χ0) is 10.6. The zero-order valence-electron chi connectivity index (χ0n) is 8.49. The highest BCUT2D eigenvalue weighted by Crippen LogP contribution is 2.16. The van der Waals surface area contributed by atoms with E-state index in [1.807, 2.05) is 18.9 Å². The van der Waals surface area contributed by atoms with Gasteiger partial charge in [0, 0.05) is 19.8 Å². The number of likely N-dealkylation sites (N-methyl/N-ethyl adjacent to an activating group) is 1. The summed E-state index contributed by atoms with van der Waals surface area (Å²) in [6.07, 6.45) is 3.32. The average molecular weight is 187 g/mol. The molecule has 0 fully saturated rings. The molecule has 0 unspecified atom stereocenters. The molecule has 1 heterocycles. The second-order valence-corrected chi connectivity index (χ2v) is 3.32. The van der Waals surface area contributed by atoms with Crippen molar-refractivity contribution in [3.05, 3.63) is 36.2 Å². The van der Waals surface area contributed by atoms with E-state index in [9.17, 15) is 0 Å². The first-order chi connectivity index (χ1) is 6.65. The summed E-state index contributed by atoms with van der Waals surface area (Å²) in [6.45, 7) is 6.52. The summed E-state index contributed by atoms with van der Waals surface area (Å²) in [5.74, 6) is 0. The molecule has 0 aromatic carbocycles. The molecule has 0 atom stereocenters. The predicted molar refractivity (Wildman–Crippen MR) is 57.0 cm³/mol. The quantitative estimate of drug-likeness (QED) is 0.679. The van der Waals surface area contributed by atoms with E-state index in [1.54, 1.807) is 18.5 Å². The largest absolute Gasteiger partial charge is 0.368 e. The maximum absolute atomic E-state index is 8.87. The van der Waals surface area contributed by atoms with E-state index in [-0.39, 0.29) is 0 Å². The molecule has 0 amide bonds. The van der Waals surface area contributed by atoms with Crippen LogP contribution in [0, 0.1) is 11.3 Å². The van der Waals surface area contributed by atoms with E-state index in [0.717, 1.165) is 17.8 Å². The van der Waals surface area contributed by atoms with Crippen LogP contribution in [0.3, 0.4) is 0 Å². The highest BCUT2D eigenvalue weighted by molar-refractivity contribution is 5.57. The van der Waals surface area contributed by atoms with Crippen LogP contribution in [0.15, 0.2) is 30.6 Å². The number of hydrogen-bond donors (Lipinski definition) is 0. The average Bonchev–Trinajstić information content (AvgIpc) is 2.16. The van der Waals surface area contributed by atoms with Crippen molar-refractivity contribution >= 4 is 5.69 Å². The van der Waals surface area contributed by atoms with Gasteiger partial charge in [0.05, 0.1) is 17.4 Å². The van der Waals surface area contributed by atoms with Crippen molar-refractivity contribution in [3.8, 4) is 6.07 Å². The molecule has 0 aliphatic heterocycles. The van der Waals surface area contributed by atoms with Crippen LogP contribution < -0.4 is 4.90 Å². The van der Waals surface area contributed by atoms with Crippen molar-refractivity contribution in [2.45, 2.75) is 6.92 Å². The SMILES string of the molecule is C=C(C)CN(C)c1cnccc1C#N. The summed E-state index contributed by atoms with van der Waals surface area (Å²) in [5, 5.41) is 8.87. The maximum atomic E-state index is 8.87. The lowest BCUT2D eigenvalue weighted by Crippen LogP contribution is -2.20. The lowest BCUT2D eigenvalue weighted by atomic mass is 10.2. The Morgan fingerprint density at radius 2 is 2.43 bits per heavy atom. The Morgan fingerprint density at radius 1 is 1.71 bits per heavy atom. The normalized spacial score (nSPS) is 9.21. The molecule has 1 rings (SSSR count). The summed E-state index contributed by atoms with van der Waals surface area (Å²) in [4.78, 5) is 5.97. The van der Waals surface area contributed by atoms with Gasteiger partial charge in [-0.3, -0.25) is 4.98 Å². The second kappa shape index (κ2) is 4.43. The number of anilines is 1. The minimum absolute atomic E-state index is 0.642. The lowest BCUT2D eigenvalue weighted by Gasteiger charge is -2.19. The van der Waals surface area contributed by atoms with Crippen molar-refractivity contribution in [1.82, 2.24) is 4.98 Å². The summed E-state index contributed by atoms with van der Waals surface area (Å²) in [5.41, 5.74) is 2.54. The molecule has 0 spiro atoms. The van der Waals surface area contributed by atoms with Crippen LogP contribution in [0.5, 0.6) is 0 Å². The Hall–Kier alpha value is -1.82. The van der Waals surface area contributed by atoms with Crippen LogP contribution in [0.1, 0.15) is 12.5 Å². The number of aromatic nitrogens is 1. The second-order valence-electron chi connectivity index (χ2n) is 3.32. The number of nitriles is 1. The molecule has 1 aromatic rings. The molecule has 14 heavy (non-hydrogen) atoms. The minimum atomic E-state index is 0.642. The van der Waals surface area contributed by atoms with Gasteiger partial charge in [0.15, 0.2) is 0 Å². The van der Waals surface area contributed by atoms with Crippen LogP contribution in [0.25, 0.3) is 0 Å². The third-order valence-electron chi connectivity index (χ3n) is 1.84. The standard InChI is InChI=1S/C11H13N3/c1-9(2)8-14(3)11-7-13-5-4-10(11)6-12/h4-5,7H,1,8H2,2-3H3. The Balaban J connectivity index is 2.95. The molecule has 0 N–H and O–H groups in total. The molecule has 3 heteroatoms. The van der Waals surface area contributed by atoms with Gasteiger partial charge in [0.1, 0.15) is 6.07 Å². The van der Waals surface area contributed by atoms with E-state index in [1.165, 1.54) is 0 Å². The van der Waals surface area contributed by atoms with E-state index < -0.39 is 0 Å². The molecule has 0 saturated heterocycles. The summed E-state index contributed by atoms with van der Waals surface area (Å²) >= 11 is 0. The number of nitrogens with zero attached hydrogens (tertiary/aromatic N) is 3. The van der Waals surface area contributed by atoms with Gasteiger partial charge < -0.3 is 4.90 Å². The number of rotatable bonds is 3. The van der Waals surface area contributed by atoms with E-state index in [4.69, 9.17) is 5.26 Å². The summed E-state index contributed by atoms with van der Waals surface area (Å²) < 4.78 is 0. The predicted octanol–water partition coefficient (Wildman–Crippen LogP) is 1.97. The number of hydrogen-bond acceptors (Lipinski definition) is 3. The molecule has 0 radical (unpaired) electrons. The van der Waals surface area contributed by atoms with Gasteiger partial charge >= 0.3 is 0 Å². The van der Waals surface area contributed by atoms with Crippen LogP contribution in [-0.4, -0.2) is 18.6 Å². The zero-order valence-corrected chi connectivity index (χ0v) is 8.49. The summed E-state index contributed by atoms with van der Waals surface area (Å²) in [6, 6.07) is 3.85.